The van der Waals surface area contributed by atoms with Gasteiger partial charge in [-0.05, 0) is 51.1 Å². The van der Waals surface area contributed by atoms with E-state index < -0.39 is 0 Å². The van der Waals surface area contributed by atoms with E-state index in [1.807, 2.05) is 32.1 Å². The van der Waals surface area contributed by atoms with Crippen molar-refractivity contribution in [2.45, 2.75) is 20.8 Å². The molecular formula is C15H18N2O. The molecule has 0 aromatic heterocycles. The van der Waals surface area contributed by atoms with Crippen LogP contribution in [0.4, 0.5) is 5.69 Å². The summed E-state index contributed by atoms with van der Waals surface area (Å²) in [4.78, 5) is 15.5. The maximum absolute atomic E-state index is 11.1. The van der Waals surface area contributed by atoms with E-state index >= 15 is 0 Å². The topological polar surface area (TPSA) is 41.5 Å². The first kappa shape index (κ1) is 13.9. The highest BCUT2D eigenvalue weighted by atomic mass is 16.1. The first-order chi connectivity index (χ1) is 8.52. The van der Waals surface area contributed by atoms with Gasteiger partial charge in [0.05, 0.1) is 5.69 Å². The van der Waals surface area contributed by atoms with Crippen molar-refractivity contribution in [1.29, 1.82) is 0 Å². The Labute approximate surface area is 108 Å². The van der Waals surface area contributed by atoms with Gasteiger partial charge in [0.2, 0.25) is 0 Å². The summed E-state index contributed by atoms with van der Waals surface area (Å²) in [5.74, 6) is 0.853. The fourth-order valence-corrected chi connectivity index (χ4v) is 1.50. The molecule has 0 radical (unpaired) electrons. The molecule has 1 aromatic carbocycles. The summed E-state index contributed by atoms with van der Waals surface area (Å²) in [7, 11) is 0. The second-order valence-corrected chi connectivity index (χ2v) is 4.01. The molecule has 0 saturated heterocycles. The van der Waals surface area contributed by atoms with Gasteiger partial charge in [-0.15, -0.1) is 0 Å². The summed E-state index contributed by atoms with van der Waals surface area (Å²) in [5.41, 5.74) is 2.49. The molecule has 3 heteroatoms. The Hall–Kier alpha value is -2.16. The molecule has 0 aliphatic rings. The van der Waals surface area contributed by atoms with E-state index in [0.717, 1.165) is 17.2 Å². The largest absolute Gasteiger partial charge is 0.348 e. The normalized spacial score (nSPS) is 12.2. The minimum absolute atomic E-state index is 0.0603. The van der Waals surface area contributed by atoms with E-state index in [0.29, 0.717) is 5.56 Å². The quantitative estimate of drug-likeness (QED) is 0.379. The number of allylic oxidation sites excluding steroid dienone is 3. The zero-order chi connectivity index (χ0) is 13.5. The van der Waals surface area contributed by atoms with Crippen LogP contribution in [0.15, 0.2) is 53.7 Å². The van der Waals surface area contributed by atoms with Crippen molar-refractivity contribution < 1.29 is 4.79 Å². The van der Waals surface area contributed by atoms with Gasteiger partial charge < -0.3 is 5.32 Å². The van der Waals surface area contributed by atoms with E-state index in [1.165, 1.54) is 0 Å². The van der Waals surface area contributed by atoms with Crippen molar-refractivity contribution >= 4 is 17.3 Å². The van der Waals surface area contributed by atoms with Gasteiger partial charge in [-0.2, -0.15) is 0 Å². The standard InChI is InChI=1S/C15H18N2O/c1-5-6-11(2)16-13(4)17-15-9-7-14(8-10-15)12(3)18/h5-10H,1H2,2-4H3,(H,16,17)/b11-6-. The Bertz CT molecular complexity index is 496. The number of ketones is 1. The van der Waals surface area contributed by atoms with Crippen LogP contribution >= 0.6 is 0 Å². The second-order valence-electron chi connectivity index (χ2n) is 4.01. The molecule has 94 valence electrons. The van der Waals surface area contributed by atoms with Crippen LogP contribution in [0.2, 0.25) is 0 Å². The summed E-state index contributed by atoms with van der Waals surface area (Å²) < 4.78 is 0. The monoisotopic (exact) mass is 242 g/mol. The Balaban J connectivity index is 2.79. The molecule has 0 amide bonds. The third-order valence-corrected chi connectivity index (χ3v) is 2.32. The molecule has 18 heavy (non-hydrogen) atoms. The molecule has 0 saturated carbocycles. The van der Waals surface area contributed by atoms with Crippen LogP contribution in [-0.2, 0) is 0 Å². The highest BCUT2D eigenvalue weighted by Crippen LogP contribution is 2.13. The Kier molecular flexibility index (Phi) is 5.06. The second kappa shape index (κ2) is 6.55. The predicted molar refractivity (Wildman–Crippen MR) is 76.3 cm³/mol. The zero-order valence-corrected chi connectivity index (χ0v) is 11.0. The van der Waals surface area contributed by atoms with Crippen molar-refractivity contribution in [3.05, 3.63) is 54.3 Å². The molecule has 1 aromatic rings. The van der Waals surface area contributed by atoms with E-state index in [2.05, 4.69) is 16.9 Å². The van der Waals surface area contributed by atoms with Crippen LogP contribution in [0.1, 0.15) is 31.1 Å². The van der Waals surface area contributed by atoms with Crippen molar-refractivity contribution in [2.24, 2.45) is 4.99 Å². The van der Waals surface area contributed by atoms with Crippen LogP contribution in [0.25, 0.3) is 0 Å². The molecule has 0 heterocycles. The number of carbonyl (C=O) groups excluding carboxylic acids is 1. The maximum Gasteiger partial charge on any atom is 0.159 e. The number of nitrogens with zero attached hydrogens (tertiary/aromatic N) is 1. The predicted octanol–water partition coefficient (Wildman–Crippen LogP) is 3.62. The summed E-state index contributed by atoms with van der Waals surface area (Å²) in [5, 5.41) is 3.14. The number of aliphatic imine (C=N–C) groups is 1. The summed E-state index contributed by atoms with van der Waals surface area (Å²) in [6, 6.07) is 7.21. The van der Waals surface area contributed by atoms with E-state index in [4.69, 9.17) is 0 Å². The van der Waals surface area contributed by atoms with E-state index in [1.54, 1.807) is 25.1 Å². The smallest absolute Gasteiger partial charge is 0.159 e. The Morgan fingerprint density at radius 3 is 2.33 bits per heavy atom. The van der Waals surface area contributed by atoms with Crippen molar-refractivity contribution in [1.82, 2.24) is 5.32 Å². The summed E-state index contributed by atoms with van der Waals surface area (Å²) in [6.07, 6.45) is 3.59. The van der Waals surface area contributed by atoms with Crippen molar-refractivity contribution in [2.75, 3.05) is 0 Å². The van der Waals surface area contributed by atoms with Crippen LogP contribution in [0.3, 0.4) is 0 Å². The van der Waals surface area contributed by atoms with Gasteiger partial charge >= 0.3 is 0 Å². The van der Waals surface area contributed by atoms with Gasteiger partial charge in [-0.1, -0.05) is 12.7 Å². The Morgan fingerprint density at radius 1 is 1.22 bits per heavy atom. The third-order valence-electron chi connectivity index (χ3n) is 2.32. The molecule has 0 aliphatic heterocycles. The molecule has 0 unspecified atom stereocenters. The van der Waals surface area contributed by atoms with Crippen molar-refractivity contribution in [3.8, 4) is 0 Å². The number of nitrogens with one attached hydrogen (secondary N) is 1. The lowest BCUT2D eigenvalue weighted by Gasteiger charge is -2.05. The molecular weight excluding hydrogens is 224 g/mol. The van der Waals surface area contributed by atoms with Crippen molar-refractivity contribution in [3.63, 3.8) is 0 Å². The molecule has 0 aliphatic carbocycles. The lowest BCUT2D eigenvalue weighted by Crippen LogP contribution is -2.17. The van der Waals surface area contributed by atoms with Gasteiger partial charge in [0.15, 0.2) is 5.78 Å². The van der Waals surface area contributed by atoms with Crippen LogP contribution in [0, 0.1) is 0 Å². The molecule has 0 bridgehead atoms. The number of benzene rings is 1. The van der Waals surface area contributed by atoms with E-state index in [9.17, 15) is 4.79 Å². The molecule has 1 N–H and O–H groups in total. The number of Topliss-reactive ketones (excluding diaryl/α,β-unsaturated/α-hetero) is 1. The van der Waals surface area contributed by atoms with Crippen LogP contribution < -0.4 is 5.32 Å². The number of hydrogen-bond acceptors (Lipinski definition) is 2. The average molecular weight is 242 g/mol. The van der Waals surface area contributed by atoms with E-state index in [-0.39, 0.29) is 5.78 Å². The number of amidine groups is 1. The zero-order valence-electron chi connectivity index (χ0n) is 11.0. The average Bonchev–Trinajstić information content (AvgIpc) is 2.29. The Morgan fingerprint density at radius 2 is 1.83 bits per heavy atom. The lowest BCUT2D eigenvalue weighted by molar-refractivity contribution is 0.101. The molecule has 0 atom stereocenters. The molecule has 0 fully saturated rings. The highest BCUT2D eigenvalue weighted by Gasteiger charge is 1.98. The van der Waals surface area contributed by atoms with Gasteiger partial charge in [-0.25, -0.2) is 4.99 Å². The van der Waals surface area contributed by atoms with Crippen LogP contribution in [0.5, 0.6) is 0 Å². The molecule has 1 rings (SSSR count). The van der Waals surface area contributed by atoms with Gasteiger partial charge in [0, 0.05) is 11.3 Å². The third kappa shape index (κ3) is 4.37. The fourth-order valence-electron chi connectivity index (χ4n) is 1.50. The first-order valence-electron chi connectivity index (χ1n) is 5.75. The summed E-state index contributed by atoms with van der Waals surface area (Å²) in [6.45, 7) is 9.01. The van der Waals surface area contributed by atoms with Crippen LogP contribution in [-0.4, -0.2) is 11.6 Å². The molecule has 3 nitrogen and oxygen atoms in total. The highest BCUT2D eigenvalue weighted by molar-refractivity contribution is 5.94. The number of carbonyl (C=O) groups is 1. The maximum atomic E-state index is 11.1. The minimum atomic E-state index is 0.0603. The van der Waals surface area contributed by atoms with Gasteiger partial charge in [0.25, 0.3) is 0 Å². The van der Waals surface area contributed by atoms with Gasteiger partial charge in [0.1, 0.15) is 5.84 Å². The first-order valence-corrected chi connectivity index (χ1v) is 5.75. The molecule has 0 spiro atoms. The summed E-state index contributed by atoms with van der Waals surface area (Å²) >= 11 is 0. The number of hydrogen-bond donors (Lipinski definition) is 1. The SMILES string of the molecule is C=C/C=C(/C)NC(C)=Nc1ccc(C(C)=O)cc1. The number of rotatable bonds is 4. The lowest BCUT2D eigenvalue weighted by atomic mass is 10.1. The van der Waals surface area contributed by atoms with Gasteiger partial charge in [-0.3, -0.25) is 4.79 Å². The fraction of sp³-hybridized carbons (Fsp3) is 0.200. The minimum Gasteiger partial charge on any atom is -0.348 e.